The Balaban J connectivity index is 2.50. The number of benzene rings is 1. The quantitative estimate of drug-likeness (QED) is 0.171. The minimum atomic E-state index is -1.98. The molecule has 0 fully saturated rings. The summed E-state index contributed by atoms with van der Waals surface area (Å²) in [5.41, 5.74) is 3.80. The monoisotopic (exact) mass is 512 g/mol. The van der Waals surface area contributed by atoms with Gasteiger partial charge in [0.05, 0.1) is 13.7 Å². The zero-order valence-corrected chi connectivity index (χ0v) is 18.7. The predicted molar refractivity (Wildman–Crippen MR) is 113 cm³/mol. The van der Waals surface area contributed by atoms with E-state index in [0.717, 1.165) is 28.0 Å². The molecule has 1 aliphatic heterocycles. The van der Waals surface area contributed by atoms with E-state index >= 15 is 0 Å². The Morgan fingerprint density at radius 2 is 2.15 bits per heavy atom. The van der Waals surface area contributed by atoms with Crippen molar-refractivity contribution in [3.63, 3.8) is 0 Å². The number of hydrogen-bond acceptors (Lipinski definition) is 7. The highest BCUT2D eigenvalue weighted by Crippen LogP contribution is 2.43. The molecule has 0 saturated carbocycles. The molecule has 1 aromatic carbocycles. The average Bonchev–Trinajstić information content (AvgIpc) is 2.97. The summed E-state index contributed by atoms with van der Waals surface area (Å²) in [7, 11) is 1.25. The van der Waals surface area contributed by atoms with Crippen LogP contribution in [-0.2, 0) is 17.8 Å². The number of ether oxygens (including phenoxy) is 3. The molecule has 2 rings (SSSR count). The lowest BCUT2D eigenvalue weighted by Gasteiger charge is -2.19. The van der Waals surface area contributed by atoms with E-state index < -0.39 is 8.38 Å². The van der Waals surface area contributed by atoms with Gasteiger partial charge in [-0.15, -0.1) is 0 Å². The average molecular weight is 512 g/mol. The maximum absolute atomic E-state index is 12.3. The van der Waals surface area contributed by atoms with Crippen LogP contribution in [-0.4, -0.2) is 41.4 Å². The Labute approximate surface area is 170 Å². The highest BCUT2D eigenvalue weighted by molar-refractivity contribution is 14.2. The molecule has 1 heterocycles. The van der Waals surface area contributed by atoms with Crippen LogP contribution in [0.5, 0.6) is 11.5 Å². The fourth-order valence-electron chi connectivity index (χ4n) is 2.91. The van der Waals surface area contributed by atoms with Gasteiger partial charge in [-0.2, -0.15) is 0 Å². The Morgan fingerprint density at radius 1 is 1.42 bits per heavy atom. The summed E-state index contributed by atoms with van der Waals surface area (Å²) in [5, 5.41) is 0. The van der Waals surface area contributed by atoms with Crippen molar-refractivity contribution in [1.29, 1.82) is 0 Å². The largest absolute Gasteiger partial charge is 0.496 e. The van der Waals surface area contributed by atoms with E-state index in [-0.39, 0.29) is 18.7 Å². The van der Waals surface area contributed by atoms with Gasteiger partial charge in [0.2, 0.25) is 0 Å². The first kappa shape index (κ1) is 21.8. The highest BCUT2D eigenvalue weighted by atomic mass is 127. The molecule has 0 atom stereocenters. The molecule has 0 spiro atoms. The zero-order chi connectivity index (χ0) is 19.3. The van der Waals surface area contributed by atoms with Gasteiger partial charge >= 0.3 is 5.97 Å². The highest BCUT2D eigenvalue weighted by Gasteiger charge is 2.33. The van der Waals surface area contributed by atoms with Crippen molar-refractivity contribution in [2.24, 2.45) is 0 Å². The number of hydrogen-bond donors (Lipinski definition) is 2. The van der Waals surface area contributed by atoms with Crippen molar-refractivity contribution in [3.8, 4) is 11.5 Å². The number of halogens is 1. The number of fused-ring (bicyclic) bond motifs is 1. The first-order valence-electron chi connectivity index (χ1n) is 7.97. The third kappa shape index (κ3) is 5.04. The van der Waals surface area contributed by atoms with Crippen LogP contribution in [0.1, 0.15) is 34.0 Å². The molecule has 0 aliphatic carbocycles. The van der Waals surface area contributed by atoms with Crippen LogP contribution < -0.4 is 9.47 Å². The molecule has 0 amide bonds. The molecule has 26 heavy (non-hydrogen) atoms. The Kier molecular flexibility index (Phi) is 8.47. The van der Waals surface area contributed by atoms with E-state index in [1.54, 1.807) is 16.0 Å². The van der Waals surface area contributed by atoms with Gasteiger partial charge in [-0.05, 0) is 47.0 Å². The second kappa shape index (κ2) is 10.1. The van der Waals surface area contributed by atoms with Crippen molar-refractivity contribution >= 4 is 44.5 Å². The van der Waals surface area contributed by atoms with E-state index in [9.17, 15) is 14.6 Å². The predicted octanol–water partition coefficient (Wildman–Crippen LogP) is 3.92. The molecule has 0 unspecified atom stereocenters. The lowest BCUT2D eigenvalue weighted by atomic mass is 9.95. The van der Waals surface area contributed by atoms with Gasteiger partial charge in [-0.3, -0.25) is 0 Å². The van der Waals surface area contributed by atoms with Gasteiger partial charge in [0, 0.05) is 23.0 Å². The lowest BCUT2D eigenvalue weighted by Crippen LogP contribution is -2.10. The summed E-state index contributed by atoms with van der Waals surface area (Å²) in [4.78, 5) is 30.7. The van der Waals surface area contributed by atoms with Crippen LogP contribution in [0.4, 0.5) is 0 Å². The van der Waals surface area contributed by atoms with Gasteiger partial charge in [0.25, 0.3) is 0 Å². The number of allylic oxidation sites excluding steroid dienone is 2. The molecule has 0 bridgehead atoms. The van der Waals surface area contributed by atoms with Crippen LogP contribution in [0.15, 0.2) is 11.6 Å². The SMILES string of the molecule is COc1c(C)c2c(c(OCCSI)c1C/C=C(\C)CP(O)O)C(=O)OC2. The fourth-order valence-corrected chi connectivity index (χ4v) is 4.17. The smallest absolute Gasteiger partial charge is 0.342 e. The second-order valence-corrected chi connectivity index (χ2v) is 9.40. The number of carbonyl (C=O) groups excluding carboxylic acids is 1. The number of methoxy groups -OCH3 is 1. The molecule has 0 saturated heterocycles. The lowest BCUT2D eigenvalue weighted by molar-refractivity contribution is 0.0532. The van der Waals surface area contributed by atoms with Crippen LogP contribution in [0.3, 0.4) is 0 Å². The van der Waals surface area contributed by atoms with E-state index in [4.69, 9.17) is 14.2 Å². The molecule has 0 radical (unpaired) electrons. The normalized spacial score (nSPS) is 13.8. The maximum atomic E-state index is 12.3. The van der Waals surface area contributed by atoms with E-state index in [2.05, 4.69) is 21.2 Å². The summed E-state index contributed by atoms with van der Waals surface area (Å²) in [6.45, 7) is 4.44. The molecule has 0 aromatic heterocycles. The first-order valence-corrected chi connectivity index (χ1v) is 12.9. The first-order chi connectivity index (χ1) is 12.4. The minimum absolute atomic E-state index is 0.224. The molecule has 144 valence electrons. The zero-order valence-electron chi connectivity index (χ0n) is 14.9. The molecule has 2 N–H and O–H groups in total. The number of carbonyl (C=O) groups is 1. The van der Waals surface area contributed by atoms with Gasteiger partial charge < -0.3 is 24.0 Å². The maximum Gasteiger partial charge on any atom is 0.342 e. The Bertz CT molecular complexity index is 707. The Morgan fingerprint density at radius 3 is 2.77 bits per heavy atom. The van der Waals surface area contributed by atoms with E-state index in [1.165, 1.54) is 0 Å². The third-order valence-corrected chi connectivity index (χ3v) is 6.50. The second-order valence-electron chi connectivity index (χ2n) is 5.84. The summed E-state index contributed by atoms with van der Waals surface area (Å²) in [5.74, 6) is 1.60. The Hall–Kier alpha value is -0.540. The molecule has 1 aromatic rings. The van der Waals surface area contributed by atoms with Gasteiger partial charge in [0.1, 0.15) is 23.7 Å². The van der Waals surface area contributed by atoms with Gasteiger partial charge in [0.15, 0.2) is 8.38 Å². The number of rotatable bonds is 9. The van der Waals surface area contributed by atoms with E-state index in [0.29, 0.717) is 30.1 Å². The van der Waals surface area contributed by atoms with Crippen molar-refractivity contribution in [1.82, 2.24) is 0 Å². The number of esters is 1. The van der Waals surface area contributed by atoms with E-state index in [1.807, 2.05) is 19.9 Å². The van der Waals surface area contributed by atoms with Crippen molar-refractivity contribution in [2.45, 2.75) is 26.9 Å². The third-order valence-electron chi connectivity index (χ3n) is 4.08. The van der Waals surface area contributed by atoms with Gasteiger partial charge in [-0.1, -0.05) is 20.6 Å². The molecule has 1 aliphatic rings. The fraction of sp³-hybridized carbons (Fsp3) is 0.471. The summed E-state index contributed by atoms with van der Waals surface area (Å²) >= 11 is 2.20. The summed E-state index contributed by atoms with van der Waals surface area (Å²) < 4.78 is 16.8. The van der Waals surface area contributed by atoms with Crippen molar-refractivity contribution in [2.75, 3.05) is 25.6 Å². The number of cyclic esters (lactones) is 1. The molecule has 9 heteroatoms. The van der Waals surface area contributed by atoms with Crippen LogP contribution in [0.2, 0.25) is 0 Å². The standard InChI is InChI=1S/C17H22IO6PS/c1-10(9-25(20)21)4-5-12-15(22-3)11(2)13-8-24-17(19)14(13)16(12)23-6-7-26-18/h4,20-21H,5-9H2,1-3H3/b10-4+. The van der Waals surface area contributed by atoms with Crippen LogP contribution >= 0.6 is 38.5 Å². The summed E-state index contributed by atoms with van der Waals surface area (Å²) in [6.07, 6.45) is 2.60. The minimum Gasteiger partial charge on any atom is -0.496 e. The van der Waals surface area contributed by atoms with Crippen molar-refractivity contribution in [3.05, 3.63) is 33.9 Å². The molecular weight excluding hydrogens is 490 g/mol. The topological polar surface area (TPSA) is 85.2 Å². The van der Waals surface area contributed by atoms with Gasteiger partial charge in [-0.25, -0.2) is 4.79 Å². The molecule has 6 nitrogen and oxygen atoms in total. The van der Waals surface area contributed by atoms with Crippen LogP contribution in [0, 0.1) is 6.92 Å². The van der Waals surface area contributed by atoms with Crippen molar-refractivity contribution < 1.29 is 28.8 Å². The molecular formula is C17H22IO6PS. The summed E-state index contributed by atoms with van der Waals surface area (Å²) in [6, 6.07) is 0. The van der Waals surface area contributed by atoms with Crippen LogP contribution in [0.25, 0.3) is 0 Å².